The van der Waals surface area contributed by atoms with Crippen molar-refractivity contribution < 1.29 is 4.74 Å². The summed E-state index contributed by atoms with van der Waals surface area (Å²) in [5, 5.41) is 6.44. The van der Waals surface area contributed by atoms with Gasteiger partial charge in [0, 0.05) is 6.20 Å². The third-order valence-electron chi connectivity index (χ3n) is 1.14. The van der Waals surface area contributed by atoms with Gasteiger partial charge in [-0.2, -0.15) is 5.10 Å². The van der Waals surface area contributed by atoms with Crippen molar-refractivity contribution in [1.29, 1.82) is 0 Å². The van der Waals surface area contributed by atoms with Gasteiger partial charge < -0.3 is 4.74 Å². The zero-order valence-corrected chi connectivity index (χ0v) is 5.92. The van der Waals surface area contributed by atoms with Crippen LogP contribution in [-0.4, -0.2) is 16.8 Å². The molecule has 1 aromatic rings. The highest BCUT2D eigenvalue weighted by atomic mass is 16.5. The molecule has 0 radical (unpaired) electrons. The average molecular weight is 138 g/mol. The van der Waals surface area contributed by atoms with Gasteiger partial charge in [-0.05, 0) is 6.92 Å². The van der Waals surface area contributed by atoms with Crippen molar-refractivity contribution in [2.24, 2.45) is 0 Å². The number of nitrogens with zero attached hydrogens (tertiary/aromatic N) is 1. The van der Waals surface area contributed by atoms with Crippen LogP contribution in [0.25, 0.3) is 5.76 Å². The Labute approximate surface area is 59.7 Å². The fraction of sp³-hybridized carbons (Fsp3) is 0.286. The first-order valence-corrected chi connectivity index (χ1v) is 3.15. The van der Waals surface area contributed by atoms with E-state index in [2.05, 4.69) is 16.8 Å². The molecule has 0 atom stereocenters. The van der Waals surface area contributed by atoms with Gasteiger partial charge in [0.2, 0.25) is 0 Å². The number of hydrogen-bond acceptors (Lipinski definition) is 2. The highest BCUT2D eigenvalue weighted by molar-refractivity contribution is 5.55. The van der Waals surface area contributed by atoms with Crippen molar-refractivity contribution in [3.63, 3.8) is 0 Å². The van der Waals surface area contributed by atoms with E-state index in [1.807, 2.05) is 6.92 Å². The minimum absolute atomic E-state index is 0.643. The van der Waals surface area contributed by atoms with Crippen LogP contribution in [0.3, 0.4) is 0 Å². The first-order valence-electron chi connectivity index (χ1n) is 3.15. The summed E-state index contributed by atoms with van der Waals surface area (Å²) in [6, 6.07) is 0. The SMILES string of the molecule is C=C(OCC)c1cn[nH]c1. The number of aromatic amines is 1. The van der Waals surface area contributed by atoms with Gasteiger partial charge >= 0.3 is 0 Å². The third-order valence-corrected chi connectivity index (χ3v) is 1.14. The lowest BCUT2D eigenvalue weighted by Gasteiger charge is -2.01. The predicted molar refractivity (Wildman–Crippen MR) is 39.2 cm³/mol. The molecule has 3 nitrogen and oxygen atoms in total. The van der Waals surface area contributed by atoms with E-state index in [1.54, 1.807) is 12.4 Å². The molecule has 0 spiro atoms. The standard InChI is InChI=1S/C7H10N2O/c1-3-10-6(2)7-4-8-9-5-7/h4-5H,2-3H2,1H3,(H,8,9). The Balaban J connectivity index is 2.59. The van der Waals surface area contributed by atoms with Crippen LogP contribution in [0, 0.1) is 0 Å². The Kier molecular flexibility index (Phi) is 2.10. The van der Waals surface area contributed by atoms with Gasteiger partial charge in [-0.3, -0.25) is 5.10 Å². The summed E-state index contributed by atoms with van der Waals surface area (Å²) in [5.74, 6) is 0.663. The second-order valence-corrected chi connectivity index (χ2v) is 1.84. The van der Waals surface area contributed by atoms with E-state index in [1.165, 1.54) is 0 Å². The van der Waals surface area contributed by atoms with Crippen LogP contribution in [0.5, 0.6) is 0 Å². The van der Waals surface area contributed by atoms with E-state index in [4.69, 9.17) is 4.74 Å². The molecule has 0 bridgehead atoms. The molecule has 0 aliphatic carbocycles. The van der Waals surface area contributed by atoms with Crippen LogP contribution in [0.4, 0.5) is 0 Å². The molecule has 54 valence electrons. The lowest BCUT2D eigenvalue weighted by atomic mass is 10.3. The second kappa shape index (κ2) is 3.06. The highest BCUT2D eigenvalue weighted by Crippen LogP contribution is 2.09. The fourth-order valence-corrected chi connectivity index (χ4v) is 0.661. The molecule has 0 aromatic carbocycles. The lowest BCUT2D eigenvalue weighted by Crippen LogP contribution is -1.86. The zero-order valence-electron chi connectivity index (χ0n) is 5.92. The molecule has 3 heteroatoms. The summed E-state index contributed by atoms with van der Waals surface area (Å²) in [6.45, 7) is 6.27. The van der Waals surface area contributed by atoms with Crippen molar-refractivity contribution in [3.8, 4) is 0 Å². The zero-order chi connectivity index (χ0) is 7.40. The molecule has 0 aliphatic rings. The Hall–Kier alpha value is -1.25. The topological polar surface area (TPSA) is 37.9 Å². The number of rotatable bonds is 3. The van der Waals surface area contributed by atoms with Gasteiger partial charge in [-0.25, -0.2) is 0 Å². The molecule has 1 rings (SSSR count). The Bertz CT molecular complexity index is 203. The molecule has 0 saturated carbocycles. The van der Waals surface area contributed by atoms with E-state index in [9.17, 15) is 0 Å². The molecule has 0 unspecified atom stereocenters. The lowest BCUT2D eigenvalue weighted by molar-refractivity contribution is 0.299. The van der Waals surface area contributed by atoms with Gasteiger partial charge in [-0.1, -0.05) is 6.58 Å². The minimum atomic E-state index is 0.643. The maximum Gasteiger partial charge on any atom is 0.122 e. The van der Waals surface area contributed by atoms with Crippen molar-refractivity contribution in [1.82, 2.24) is 10.2 Å². The number of nitrogens with one attached hydrogen (secondary N) is 1. The summed E-state index contributed by atoms with van der Waals surface area (Å²) < 4.78 is 5.13. The number of H-pyrrole nitrogens is 1. The number of aromatic nitrogens is 2. The highest BCUT2D eigenvalue weighted by Gasteiger charge is 1.97. The van der Waals surface area contributed by atoms with Gasteiger partial charge in [0.25, 0.3) is 0 Å². The Morgan fingerprint density at radius 1 is 1.90 bits per heavy atom. The van der Waals surface area contributed by atoms with Crippen LogP contribution >= 0.6 is 0 Å². The van der Waals surface area contributed by atoms with Crippen molar-refractivity contribution >= 4 is 5.76 Å². The first-order chi connectivity index (χ1) is 4.84. The summed E-state index contributed by atoms with van der Waals surface area (Å²) in [7, 11) is 0. The largest absolute Gasteiger partial charge is 0.494 e. The minimum Gasteiger partial charge on any atom is -0.494 e. The van der Waals surface area contributed by atoms with Crippen LogP contribution in [0.1, 0.15) is 12.5 Å². The Morgan fingerprint density at radius 2 is 2.70 bits per heavy atom. The van der Waals surface area contributed by atoms with E-state index in [-0.39, 0.29) is 0 Å². The van der Waals surface area contributed by atoms with Gasteiger partial charge in [0.05, 0.1) is 18.4 Å². The maximum atomic E-state index is 5.13. The molecule has 0 saturated heterocycles. The van der Waals surface area contributed by atoms with Crippen LogP contribution in [0.2, 0.25) is 0 Å². The van der Waals surface area contributed by atoms with Gasteiger partial charge in [-0.15, -0.1) is 0 Å². The second-order valence-electron chi connectivity index (χ2n) is 1.84. The molecular weight excluding hydrogens is 128 g/mol. The molecule has 0 aliphatic heterocycles. The average Bonchev–Trinajstić information content (AvgIpc) is 2.38. The molecule has 1 aromatic heterocycles. The smallest absolute Gasteiger partial charge is 0.122 e. The molecule has 0 amide bonds. The van der Waals surface area contributed by atoms with E-state index in [0.29, 0.717) is 12.4 Å². The van der Waals surface area contributed by atoms with Crippen LogP contribution in [0.15, 0.2) is 19.0 Å². The Morgan fingerprint density at radius 3 is 3.20 bits per heavy atom. The quantitative estimate of drug-likeness (QED) is 0.641. The molecule has 1 heterocycles. The summed E-state index contributed by atoms with van der Waals surface area (Å²) in [5.41, 5.74) is 0.904. The monoisotopic (exact) mass is 138 g/mol. The van der Waals surface area contributed by atoms with Crippen LogP contribution < -0.4 is 0 Å². The fourth-order valence-electron chi connectivity index (χ4n) is 0.661. The maximum absolute atomic E-state index is 5.13. The van der Waals surface area contributed by atoms with Crippen molar-refractivity contribution in [2.45, 2.75) is 6.92 Å². The molecule has 0 fully saturated rings. The number of hydrogen-bond donors (Lipinski definition) is 1. The van der Waals surface area contributed by atoms with Crippen molar-refractivity contribution in [2.75, 3.05) is 6.61 Å². The van der Waals surface area contributed by atoms with E-state index in [0.717, 1.165) is 5.56 Å². The summed E-state index contributed by atoms with van der Waals surface area (Å²) in [4.78, 5) is 0. The van der Waals surface area contributed by atoms with Crippen LogP contribution in [-0.2, 0) is 4.74 Å². The number of ether oxygens (including phenoxy) is 1. The molecule has 10 heavy (non-hydrogen) atoms. The third kappa shape index (κ3) is 1.37. The summed E-state index contributed by atoms with van der Waals surface area (Å²) in [6.07, 6.45) is 3.43. The van der Waals surface area contributed by atoms with Crippen molar-refractivity contribution in [3.05, 3.63) is 24.5 Å². The summed E-state index contributed by atoms with van der Waals surface area (Å²) >= 11 is 0. The van der Waals surface area contributed by atoms with E-state index < -0.39 is 0 Å². The first kappa shape index (κ1) is 6.86. The normalized spacial score (nSPS) is 9.30. The molecule has 1 N–H and O–H groups in total. The predicted octanol–water partition coefficient (Wildman–Crippen LogP) is 1.42. The van der Waals surface area contributed by atoms with Gasteiger partial charge in [0.1, 0.15) is 5.76 Å². The van der Waals surface area contributed by atoms with Gasteiger partial charge in [0.15, 0.2) is 0 Å². The molecular formula is C7H10N2O. The van der Waals surface area contributed by atoms with E-state index >= 15 is 0 Å².